The first-order chi connectivity index (χ1) is 12.1. The van der Waals surface area contributed by atoms with Crippen LogP contribution in [0, 0.1) is 11.6 Å². The highest BCUT2D eigenvalue weighted by Crippen LogP contribution is 2.07. The quantitative estimate of drug-likeness (QED) is 0.555. The van der Waals surface area contributed by atoms with Crippen molar-refractivity contribution in [1.29, 1.82) is 0 Å². The molecular formula is C18H20F2N4O. The van der Waals surface area contributed by atoms with Gasteiger partial charge in [-0.2, -0.15) is 0 Å². The molecule has 3 N–H and O–H groups in total. The van der Waals surface area contributed by atoms with Gasteiger partial charge in [-0.25, -0.2) is 8.78 Å². The van der Waals surface area contributed by atoms with Gasteiger partial charge in [0.1, 0.15) is 11.6 Å². The predicted octanol–water partition coefficient (Wildman–Crippen LogP) is 2.31. The van der Waals surface area contributed by atoms with E-state index < -0.39 is 0 Å². The van der Waals surface area contributed by atoms with Gasteiger partial charge >= 0.3 is 0 Å². The molecule has 0 unspecified atom stereocenters. The number of anilines is 1. The smallest absolute Gasteiger partial charge is 0.243 e. The maximum atomic E-state index is 13.1. The average molecular weight is 346 g/mol. The standard InChI is InChI=1S/C18H20F2N4O/c1-21-18(22-10-9-13-3-2-4-15(20)11-13)23-12-17(25)24-16-7-5-14(19)6-8-16/h2-8,11H,9-10,12H2,1H3,(H,24,25)(H2,21,22,23). The lowest BCUT2D eigenvalue weighted by Gasteiger charge is -2.12. The Bertz CT molecular complexity index is 732. The van der Waals surface area contributed by atoms with Gasteiger partial charge in [-0.15, -0.1) is 0 Å². The SMILES string of the molecule is CN=C(NCCc1cccc(F)c1)NCC(=O)Nc1ccc(F)cc1. The van der Waals surface area contributed by atoms with E-state index in [1.165, 1.54) is 36.4 Å². The van der Waals surface area contributed by atoms with Gasteiger partial charge in [0.2, 0.25) is 5.91 Å². The van der Waals surface area contributed by atoms with Crippen molar-refractivity contribution in [3.05, 3.63) is 65.7 Å². The summed E-state index contributed by atoms with van der Waals surface area (Å²) >= 11 is 0. The number of rotatable bonds is 6. The summed E-state index contributed by atoms with van der Waals surface area (Å²) in [6.45, 7) is 0.555. The fourth-order valence-corrected chi connectivity index (χ4v) is 2.14. The van der Waals surface area contributed by atoms with Crippen molar-refractivity contribution in [2.75, 3.05) is 25.5 Å². The molecule has 0 saturated heterocycles. The van der Waals surface area contributed by atoms with Crippen LogP contribution in [0.1, 0.15) is 5.56 Å². The summed E-state index contributed by atoms with van der Waals surface area (Å²) in [6, 6.07) is 11.9. The van der Waals surface area contributed by atoms with Gasteiger partial charge in [-0.3, -0.25) is 9.79 Å². The topological polar surface area (TPSA) is 65.5 Å². The summed E-state index contributed by atoms with van der Waals surface area (Å²) in [5, 5.41) is 8.57. The Balaban J connectivity index is 1.72. The number of aliphatic imine (C=N–C) groups is 1. The Hall–Kier alpha value is -2.96. The zero-order valence-corrected chi connectivity index (χ0v) is 13.9. The minimum absolute atomic E-state index is 0.0109. The molecule has 2 aromatic rings. The Kier molecular flexibility index (Phi) is 6.88. The maximum absolute atomic E-state index is 13.1. The number of amides is 1. The second kappa shape index (κ2) is 9.36. The summed E-state index contributed by atoms with van der Waals surface area (Å²) in [5.41, 5.74) is 1.39. The minimum atomic E-state index is -0.362. The van der Waals surface area contributed by atoms with Crippen LogP contribution in [0.2, 0.25) is 0 Å². The Morgan fingerprint density at radius 1 is 1.04 bits per heavy atom. The van der Waals surface area contributed by atoms with Gasteiger partial charge in [0.15, 0.2) is 5.96 Å². The monoisotopic (exact) mass is 346 g/mol. The van der Waals surface area contributed by atoms with Crippen LogP contribution in [0.25, 0.3) is 0 Å². The molecule has 0 radical (unpaired) electrons. The molecule has 25 heavy (non-hydrogen) atoms. The highest BCUT2D eigenvalue weighted by Gasteiger charge is 2.04. The van der Waals surface area contributed by atoms with Crippen LogP contribution in [-0.2, 0) is 11.2 Å². The number of hydrogen-bond acceptors (Lipinski definition) is 2. The van der Waals surface area contributed by atoms with E-state index in [1.54, 1.807) is 13.1 Å². The Morgan fingerprint density at radius 3 is 2.48 bits per heavy atom. The highest BCUT2D eigenvalue weighted by molar-refractivity contribution is 5.94. The fourth-order valence-electron chi connectivity index (χ4n) is 2.14. The van der Waals surface area contributed by atoms with E-state index >= 15 is 0 Å². The van der Waals surface area contributed by atoms with Crippen molar-refractivity contribution < 1.29 is 13.6 Å². The number of carbonyl (C=O) groups is 1. The lowest BCUT2D eigenvalue weighted by atomic mass is 10.1. The largest absolute Gasteiger partial charge is 0.356 e. The number of guanidine groups is 1. The van der Waals surface area contributed by atoms with Crippen LogP contribution in [0.4, 0.5) is 14.5 Å². The van der Waals surface area contributed by atoms with Crippen molar-refractivity contribution in [3.63, 3.8) is 0 Å². The second-order valence-corrected chi connectivity index (χ2v) is 5.29. The molecule has 0 aliphatic heterocycles. The number of hydrogen-bond donors (Lipinski definition) is 3. The molecule has 0 fully saturated rings. The van der Waals surface area contributed by atoms with Crippen molar-refractivity contribution in [3.8, 4) is 0 Å². The number of carbonyl (C=O) groups excluding carboxylic acids is 1. The molecule has 7 heteroatoms. The first-order valence-electron chi connectivity index (χ1n) is 7.81. The molecule has 0 aliphatic rings. The Labute approximate surface area is 145 Å². The van der Waals surface area contributed by atoms with Crippen LogP contribution >= 0.6 is 0 Å². The summed E-state index contributed by atoms with van der Waals surface area (Å²) in [7, 11) is 1.59. The summed E-state index contributed by atoms with van der Waals surface area (Å²) in [4.78, 5) is 15.9. The van der Waals surface area contributed by atoms with E-state index in [-0.39, 0.29) is 24.1 Å². The summed E-state index contributed by atoms with van der Waals surface area (Å²) < 4.78 is 25.9. The van der Waals surface area contributed by atoms with E-state index in [0.29, 0.717) is 24.6 Å². The van der Waals surface area contributed by atoms with Crippen LogP contribution < -0.4 is 16.0 Å². The van der Waals surface area contributed by atoms with Gasteiger partial charge in [0.05, 0.1) is 6.54 Å². The predicted molar refractivity (Wildman–Crippen MR) is 94.5 cm³/mol. The molecular weight excluding hydrogens is 326 g/mol. The second-order valence-electron chi connectivity index (χ2n) is 5.29. The minimum Gasteiger partial charge on any atom is -0.356 e. The first-order valence-corrected chi connectivity index (χ1v) is 7.81. The van der Waals surface area contributed by atoms with Crippen molar-refractivity contribution in [2.45, 2.75) is 6.42 Å². The summed E-state index contributed by atoms with van der Waals surface area (Å²) in [6.07, 6.45) is 0.625. The average Bonchev–Trinajstić information content (AvgIpc) is 2.60. The van der Waals surface area contributed by atoms with Crippen molar-refractivity contribution >= 4 is 17.6 Å². The molecule has 1 amide bonds. The van der Waals surface area contributed by atoms with Crippen molar-refractivity contribution in [2.24, 2.45) is 4.99 Å². The molecule has 2 aromatic carbocycles. The highest BCUT2D eigenvalue weighted by atomic mass is 19.1. The third kappa shape index (κ3) is 6.58. The van der Waals surface area contributed by atoms with E-state index in [4.69, 9.17) is 0 Å². The van der Waals surface area contributed by atoms with E-state index in [2.05, 4.69) is 20.9 Å². The van der Waals surface area contributed by atoms with Gasteiger partial charge < -0.3 is 16.0 Å². The molecule has 2 rings (SSSR count). The van der Waals surface area contributed by atoms with Crippen molar-refractivity contribution in [1.82, 2.24) is 10.6 Å². The lowest BCUT2D eigenvalue weighted by Crippen LogP contribution is -2.42. The molecule has 132 valence electrons. The summed E-state index contributed by atoms with van der Waals surface area (Å²) in [5.74, 6) is -0.443. The maximum Gasteiger partial charge on any atom is 0.243 e. The molecule has 5 nitrogen and oxygen atoms in total. The molecule has 0 heterocycles. The van der Waals surface area contributed by atoms with Crippen LogP contribution in [-0.4, -0.2) is 32.0 Å². The van der Waals surface area contributed by atoms with Crippen LogP contribution in [0.5, 0.6) is 0 Å². The molecule has 0 aliphatic carbocycles. The number of nitrogens with zero attached hydrogens (tertiary/aromatic N) is 1. The third-order valence-electron chi connectivity index (χ3n) is 3.36. The lowest BCUT2D eigenvalue weighted by molar-refractivity contribution is -0.115. The number of nitrogens with one attached hydrogen (secondary N) is 3. The first kappa shape index (κ1) is 18.4. The molecule has 0 aromatic heterocycles. The van der Waals surface area contributed by atoms with Gasteiger partial charge in [-0.1, -0.05) is 12.1 Å². The zero-order valence-electron chi connectivity index (χ0n) is 13.9. The normalized spacial score (nSPS) is 11.1. The van der Waals surface area contributed by atoms with Gasteiger partial charge in [-0.05, 0) is 48.4 Å². The molecule has 0 spiro atoms. The van der Waals surface area contributed by atoms with Gasteiger partial charge in [0.25, 0.3) is 0 Å². The van der Waals surface area contributed by atoms with Crippen LogP contribution in [0.15, 0.2) is 53.5 Å². The molecule has 0 saturated carbocycles. The Morgan fingerprint density at radius 2 is 1.80 bits per heavy atom. The number of halogens is 2. The van der Waals surface area contributed by atoms with Gasteiger partial charge in [0, 0.05) is 19.3 Å². The third-order valence-corrected chi connectivity index (χ3v) is 3.36. The van der Waals surface area contributed by atoms with E-state index in [1.807, 2.05) is 6.07 Å². The zero-order chi connectivity index (χ0) is 18.1. The molecule has 0 atom stereocenters. The number of benzene rings is 2. The van der Waals surface area contributed by atoms with Crippen LogP contribution in [0.3, 0.4) is 0 Å². The molecule has 0 bridgehead atoms. The fraction of sp³-hybridized carbons (Fsp3) is 0.222. The van der Waals surface area contributed by atoms with E-state index in [9.17, 15) is 13.6 Å². The van der Waals surface area contributed by atoms with E-state index in [0.717, 1.165) is 5.56 Å².